The third-order valence-electron chi connectivity index (χ3n) is 2.46. The van der Waals surface area contributed by atoms with Crippen LogP contribution in [0, 0.1) is 16.6 Å². The van der Waals surface area contributed by atoms with Gasteiger partial charge in [-0.25, -0.2) is 0 Å². The van der Waals surface area contributed by atoms with Gasteiger partial charge in [0.25, 0.3) is 0 Å². The molecule has 2 nitrogen and oxygen atoms in total. The maximum atomic E-state index is 7.18. The summed E-state index contributed by atoms with van der Waals surface area (Å²) in [4.78, 5) is 0. The number of nitrogens with zero attached hydrogens (tertiary/aromatic N) is 1. The molecule has 0 amide bonds. The fraction of sp³-hybridized carbons (Fsp3) is 0.917. The zero-order valence-electron chi connectivity index (χ0n) is 10.2. The van der Waals surface area contributed by atoms with Crippen molar-refractivity contribution in [2.24, 2.45) is 11.7 Å². The van der Waals surface area contributed by atoms with Crippen molar-refractivity contribution in [1.82, 2.24) is 0 Å². The van der Waals surface area contributed by atoms with Crippen LogP contribution in [0.3, 0.4) is 0 Å². The van der Waals surface area contributed by atoms with Gasteiger partial charge in [0, 0.05) is 0 Å². The maximum Gasteiger partial charge on any atom is 0.130 e. The Kier molecular flexibility index (Phi) is 18.6. The molecule has 0 saturated carbocycles. The minimum atomic E-state index is 0.844. The SMILES string of the molecule is CCCCCCCC(C)CCN.N#CS. The summed E-state index contributed by atoms with van der Waals surface area (Å²) >= 11 is 3.09. The summed E-state index contributed by atoms with van der Waals surface area (Å²) in [6, 6.07) is 0. The van der Waals surface area contributed by atoms with Gasteiger partial charge in [-0.1, -0.05) is 65.0 Å². The molecule has 0 saturated heterocycles. The van der Waals surface area contributed by atoms with E-state index in [1.165, 1.54) is 50.3 Å². The molecule has 15 heavy (non-hydrogen) atoms. The molecule has 0 fully saturated rings. The van der Waals surface area contributed by atoms with Crippen LogP contribution < -0.4 is 5.73 Å². The van der Waals surface area contributed by atoms with Crippen molar-refractivity contribution in [3.05, 3.63) is 0 Å². The summed E-state index contributed by atoms with van der Waals surface area (Å²) in [6.07, 6.45) is 9.58. The summed E-state index contributed by atoms with van der Waals surface area (Å²) in [5.41, 5.74) is 5.48. The van der Waals surface area contributed by atoms with Crippen molar-refractivity contribution in [3.8, 4) is 5.40 Å². The molecule has 3 heteroatoms. The van der Waals surface area contributed by atoms with Crippen molar-refractivity contribution in [2.75, 3.05) is 6.54 Å². The Labute approximate surface area is 101 Å². The Morgan fingerprint density at radius 3 is 2.20 bits per heavy atom. The van der Waals surface area contributed by atoms with E-state index in [4.69, 9.17) is 11.0 Å². The number of hydrogen-bond donors (Lipinski definition) is 2. The molecule has 0 radical (unpaired) electrons. The summed E-state index contributed by atoms with van der Waals surface area (Å²) in [6.45, 7) is 5.43. The Balaban J connectivity index is 0. The van der Waals surface area contributed by atoms with E-state index in [1.54, 1.807) is 0 Å². The van der Waals surface area contributed by atoms with E-state index in [-0.39, 0.29) is 0 Å². The zero-order valence-corrected chi connectivity index (χ0v) is 11.1. The predicted molar refractivity (Wildman–Crippen MR) is 70.8 cm³/mol. The van der Waals surface area contributed by atoms with Gasteiger partial charge in [-0.05, 0) is 18.9 Å². The van der Waals surface area contributed by atoms with Crippen molar-refractivity contribution in [1.29, 1.82) is 5.26 Å². The van der Waals surface area contributed by atoms with E-state index in [1.807, 2.05) is 0 Å². The fourth-order valence-electron chi connectivity index (χ4n) is 1.53. The second-order valence-electron chi connectivity index (χ2n) is 3.99. The topological polar surface area (TPSA) is 49.8 Å². The highest BCUT2D eigenvalue weighted by Gasteiger charge is 1.99. The Morgan fingerprint density at radius 2 is 1.73 bits per heavy atom. The minimum absolute atomic E-state index is 0.844. The second kappa shape index (κ2) is 16.2. The molecule has 0 spiro atoms. The first-order valence-corrected chi connectivity index (χ1v) is 6.40. The molecular weight excluding hydrogens is 204 g/mol. The van der Waals surface area contributed by atoms with E-state index in [0.29, 0.717) is 0 Å². The highest BCUT2D eigenvalue weighted by molar-refractivity contribution is 7.85. The number of unbranched alkanes of at least 4 members (excludes halogenated alkanes) is 4. The van der Waals surface area contributed by atoms with E-state index in [9.17, 15) is 0 Å². The largest absolute Gasteiger partial charge is 0.330 e. The molecule has 0 aliphatic carbocycles. The zero-order chi connectivity index (χ0) is 11.9. The Morgan fingerprint density at radius 1 is 1.20 bits per heavy atom. The van der Waals surface area contributed by atoms with Crippen LogP contribution in [0.25, 0.3) is 0 Å². The Hall–Kier alpha value is -0.200. The van der Waals surface area contributed by atoms with Gasteiger partial charge in [-0.15, -0.1) is 0 Å². The predicted octanol–water partition coefficient (Wildman–Crippen LogP) is 3.73. The number of thiocyanates is 1. The van der Waals surface area contributed by atoms with E-state index in [2.05, 4.69) is 26.5 Å². The Bertz CT molecular complexity index is 143. The van der Waals surface area contributed by atoms with Crippen LogP contribution in [-0.2, 0) is 0 Å². The average Bonchev–Trinajstić information content (AvgIpc) is 2.19. The lowest BCUT2D eigenvalue weighted by Crippen LogP contribution is -2.05. The van der Waals surface area contributed by atoms with Gasteiger partial charge < -0.3 is 5.73 Å². The quantitative estimate of drug-likeness (QED) is 0.379. The first-order chi connectivity index (χ1) is 7.22. The molecular formula is C12H26N2S. The minimum Gasteiger partial charge on any atom is -0.330 e. The van der Waals surface area contributed by atoms with Gasteiger partial charge in [-0.2, -0.15) is 5.26 Å². The van der Waals surface area contributed by atoms with Crippen molar-refractivity contribution in [3.63, 3.8) is 0 Å². The lowest BCUT2D eigenvalue weighted by atomic mass is 9.99. The van der Waals surface area contributed by atoms with Crippen LogP contribution in [0.4, 0.5) is 0 Å². The van der Waals surface area contributed by atoms with Crippen molar-refractivity contribution in [2.45, 2.75) is 58.8 Å². The van der Waals surface area contributed by atoms with Crippen molar-refractivity contribution < 1.29 is 0 Å². The van der Waals surface area contributed by atoms with E-state index in [0.717, 1.165) is 12.5 Å². The normalized spacial score (nSPS) is 11.1. The number of rotatable bonds is 8. The van der Waals surface area contributed by atoms with Crippen LogP contribution in [0.5, 0.6) is 0 Å². The molecule has 0 aliphatic rings. The monoisotopic (exact) mass is 230 g/mol. The van der Waals surface area contributed by atoms with Crippen LogP contribution >= 0.6 is 12.6 Å². The third kappa shape index (κ3) is 20.0. The summed E-state index contributed by atoms with van der Waals surface area (Å²) in [5, 5.41) is 8.63. The molecule has 0 aromatic carbocycles. The first-order valence-electron chi connectivity index (χ1n) is 5.96. The molecule has 2 N–H and O–H groups in total. The van der Waals surface area contributed by atoms with Crippen molar-refractivity contribution >= 4 is 12.6 Å². The van der Waals surface area contributed by atoms with Crippen LogP contribution in [-0.4, -0.2) is 6.54 Å². The second-order valence-corrected chi connectivity index (χ2v) is 4.19. The maximum absolute atomic E-state index is 7.18. The summed E-state index contributed by atoms with van der Waals surface area (Å²) in [5.74, 6) is 0.844. The van der Waals surface area contributed by atoms with Gasteiger partial charge in [0.15, 0.2) is 0 Å². The lowest BCUT2D eigenvalue weighted by molar-refractivity contribution is 0.463. The number of nitrogens with two attached hydrogens (primary N) is 1. The van der Waals surface area contributed by atoms with Gasteiger partial charge in [0.1, 0.15) is 5.40 Å². The molecule has 0 heterocycles. The molecule has 0 rings (SSSR count). The molecule has 1 unspecified atom stereocenters. The molecule has 0 bridgehead atoms. The summed E-state index contributed by atoms with van der Waals surface area (Å²) in [7, 11) is 0. The number of hydrogen-bond acceptors (Lipinski definition) is 3. The van der Waals surface area contributed by atoms with Gasteiger partial charge in [-0.3, -0.25) is 0 Å². The number of thiol groups is 1. The average molecular weight is 230 g/mol. The molecule has 90 valence electrons. The summed E-state index contributed by atoms with van der Waals surface area (Å²) < 4.78 is 0. The fourth-order valence-corrected chi connectivity index (χ4v) is 1.53. The van der Waals surface area contributed by atoms with Gasteiger partial charge >= 0.3 is 0 Å². The molecule has 0 aliphatic heterocycles. The third-order valence-corrected chi connectivity index (χ3v) is 2.46. The van der Waals surface area contributed by atoms with Gasteiger partial charge in [0.05, 0.1) is 0 Å². The standard InChI is InChI=1S/C11H25N.CHNS/c1-3-4-5-6-7-8-11(2)9-10-12;2-1-3/h11H,3-10,12H2,1-2H3;3H. The van der Waals surface area contributed by atoms with E-state index >= 15 is 0 Å². The van der Waals surface area contributed by atoms with Crippen LogP contribution in [0.15, 0.2) is 0 Å². The van der Waals surface area contributed by atoms with Crippen LogP contribution in [0.1, 0.15) is 58.8 Å². The molecule has 0 aromatic heterocycles. The molecule has 1 atom stereocenters. The first kappa shape index (κ1) is 17.2. The lowest BCUT2D eigenvalue weighted by Gasteiger charge is -2.08. The van der Waals surface area contributed by atoms with Crippen LogP contribution in [0.2, 0.25) is 0 Å². The van der Waals surface area contributed by atoms with E-state index < -0.39 is 0 Å². The van der Waals surface area contributed by atoms with Gasteiger partial charge in [0.2, 0.25) is 0 Å². The highest BCUT2D eigenvalue weighted by atomic mass is 32.1. The molecule has 0 aromatic rings. The smallest absolute Gasteiger partial charge is 0.130 e. The highest BCUT2D eigenvalue weighted by Crippen LogP contribution is 2.13. The number of nitriles is 1.